The molecule has 98 valence electrons. The number of hydrogen-bond donors (Lipinski definition) is 3. The number of nitrogens with two attached hydrogens (primary N) is 1. The van der Waals surface area contributed by atoms with Crippen molar-refractivity contribution < 1.29 is 14.7 Å². The van der Waals surface area contributed by atoms with Crippen molar-refractivity contribution in [1.29, 1.82) is 0 Å². The van der Waals surface area contributed by atoms with Gasteiger partial charge in [0.15, 0.2) is 0 Å². The molecule has 1 unspecified atom stereocenters. The number of benzene rings is 1. The van der Waals surface area contributed by atoms with Gasteiger partial charge in [-0.1, -0.05) is 25.1 Å². The van der Waals surface area contributed by atoms with Gasteiger partial charge in [0.1, 0.15) is 0 Å². The summed E-state index contributed by atoms with van der Waals surface area (Å²) in [6.45, 7) is 1.83. The minimum absolute atomic E-state index is 0.0344. The van der Waals surface area contributed by atoms with Crippen LogP contribution >= 0.6 is 0 Å². The van der Waals surface area contributed by atoms with Crippen LogP contribution in [0.3, 0.4) is 0 Å². The van der Waals surface area contributed by atoms with Crippen LogP contribution < -0.4 is 11.1 Å². The van der Waals surface area contributed by atoms with Crippen molar-refractivity contribution in [3.63, 3.8) is 0 Å². The third kappa shape index (κ3) is 4.18. The van der Waals surface area contributed by atoms with Crippen LogP contribution in [-0.4, -0.2) is 23.0 Å². The molecule has 0 aliphatic heterocycles. The first-order valence-corrected chi connectivity index (χ1v) is 5.90. The highest BCUT2D eigenvalue weighted by Gasteiger charge is 2.13. The lowest BCUT2D eigenvalue weighted by atomic mass is 10.1. The van der Waals surface area contributed by atoms with Crippen LogP contribution in [0.1, 0.15) is 25.3 Å². The van der Waals surface area contributed by atoms with Crippen molar-refractivity contribution in [1.82, 2.24) is 0 Å². The van der Waals surface area contributed by atoms with Crippen LogP contribution in [0.25, 0.3) is 0 Å². The molecular formula is C13H18N2O3. The van der Waals surface area contributed by atoms with Crippen LogP contribution in [-0.2, 0) is 16.0 Å². The van der Waals surface area contributed by atoms with E-state index in [1.54, 1.807) is 18.2 Å². The highest BCUT2D eigenvalue weighted by molar-refractivity contribution is 5.95. The molecule has 1 rings (SSSR count). The first-order chi connectivity index (χ1) is 8.54. The fourth-order valence-corrected chi connectivity index (χ4v) is 1.51. The van der Waals surface area contributed by atoms with Crippen molar-refractivity contribution in [2.24, 2.45) is 5.73 Å². The molecular weight excluding hydrogens is 232 g/mol. The highest BCUT2D eigenvalue weighted by Crippen LogP contribution is 2.17. The molecule has 4 N–H and O–H groups in total. The Bertz CT molecular complexity index is 432. The van der Waals surface area contributed by atoms with E-state index in [2.05, 4.69) is 5.32 Å². The molecule has 0 bridgehead atoms. The van der Waals surface area contributed by atoms with E-state index in [-0.39, 0.29) is 12.3 Å². The Labute approximate surface area is 106 Å². The second kappa shape index (κ2) is 6.76. The lowest BCUT2D eigenvalue weighted by Crippen LogP contribution is -2.35. The first-order valence-electron chi connectivity index (χ1n) is 5.90. The smallest absolute Gasteiger partial charge is 0.303 e. The van der Waals surface area contributed by atoms with Crippen LogP contribution in [0.15, 0.2) is 24.3 Å². The average Bonchev–Trinajstić information content (AvgIpc) is 2.36. The van der Waals surface area contributed by atoms with E-state index in [0.29, 0.717) is 18.5 Å². The van der Waals surface area contributed by atoms with Gasteiger partial charge in [0, 0.05) is 12.1 Å². The number of aryl methyl sites for hydroxylation is 1. The Kier molecular flexibility index (Phi) is 5.32. The third-order valence-corrected chi connectivity index (χ3v) is 2.66. The second-order valence-electron chi connectivity index (χ2n) is 4.05. The average molecular weight is 250 g/mol. The molecule has 0 aromatic heterocycles. The second-order valence-corrected chi connectivity index (χ2v) is 4.05. The number of carbonyl (C=O) groups excluding carboxylic acids is 1. The highest BCUT2D eigenvalue weighted by atomic mass is 16.4. The number of para-hydroxylation sites is 1. The maximum absolute atomic E-state index is 11.7. The van der Waals surface area contributed by atoms with Gasteiger partial charge in [0.25, 0.3) is 0 Å². The van der Waals surface area contributed by atoms with Gasteiger partial charge in [0.2, 0.25) is 5.91 Å². The van der Waals surface area contributed by atoms with E-state index in [0.717, 1.165) is 5.56 Å². The molecule has 5 nitrogen and oxygen atoms in total. The van der Waals surface area contributed by atoms with Crippen LogP contribution in [0.2, 0.25) is 0 Å². The first kappa shape index (κ1) is 14.2. The van der Waals surface area contributed by atoms with E-state index >= 15 is 0 Å². The topological polar surface area (TPSA) is 92.4 Å². The number of carboxylic acids is 1. The number of nitrogens with one attached hydrogen (secondary N) is 1. The number of aliphatic carboxylic acids is 1. The van der Waals surface area contributed by atoms with Crippen molar-refractivity contribution in [3.8, 4) is 0 Å². The normalized spacial score (nSPS) is 11.9. The summed E-state index contributed by atoms with van der Waals surface area (Å²) >= 11 is 0. The summed E-state index contributed by atoms with van der Waals surface area (Å²) in [6.07, 6.45) is 0.975. The molecule has 0 saturated carbocycles. The summed E-state index contributed by atoms with van der Waals surface area (Å²) in [5, 5.41) is 11.4. The number of carbonyl (C=O) groups is 2. The summed E-state index contributed by atoms with van der Waals surface area (Å²) in [5.74, 6) is -1.11. The monoisotopic (exact) mass is 250 g/mol. The molecule has 0 aliphatic rings. The molecule has 1 aromatic rings. The van der Waals surface area contributed by atoms with E-state index in [1.807, 2.05) is 13.0 Å². The summed E-state index contributed by atoms with van der Waals surface area (Å²) in [6, 6.07) is 6.61. The summed E-state index contributed by atoms with van der Waals surface area (Å²) in [5.41, 5.74) is 7.06. The van der Waals surface area contributed by atoms with E-state index in [1.165, 1.54) is 0 Å². The lowest BCUT2D eigenvalue weighted by molar-refractivity contribution is -0.136. The van der Waals surface area contributed by atoms with Crippen LogP contribution in [0.5, 0.6) is 0 Å². The molecule has 0 aliphatic carbocycles. The molecule has 1 amide bonds. The molecule has 0 fully saturated rings. The van der Waals surface area contributed by atoms with Gasteiger partial charge < -0.3 is 16.2 Å². The molecule has 1 atom stereocenters. The standard InChI is InChI=1S/C13H18N2O3/c1-2-10(14)13(18)15-11-6-4-3-5-9(11)7-8-12(16)17/h3-6,10H,2,7-8,14H2,1H3,(H,15,18)(H,16,17). The SMILES string of the molecule is CCC(N)C(=O)Nc1ccccc1CCC(=O)O. The number of carboxylic acid groups (broad SMARTS) is 1. The Morgan fingerprint density at radius 2 is 2.06 bits per heavy atom. The molecule has 5 heteroatoms. The van der Waals surface area contributed by atoms with Gasteiger partial charge in [-0.05, 0) is 24.5 Å². The number of amides is 1. The Balaban J connectivity index is 2.75. The van der Waals surface area contributed by atoms with Crippen LogP contribution in [0, 0.1) is 0 Å². The molecule has 0 radical (unpaired) electrons. The summed E-state index contributed by atoms with van der Waals surface area (Å²) in [7, 11) is 0. The van der Waals surface area contributed by atoms with Gasteiger partial charge >= 0.3 is 5.97 Å². The molecule has 0 saturated heterocycles. The van der Waals surface area contributed by atoms with Gasteiger partial charge in [-0.15, -0.1) is 0 Å². The minimum Gasteiger partial charge on any atom is -0.481 e. The van der Waals surface area contributed by atoms with Crippen molar-refractivity contribution in [2.75, 3.05) is 5.32 Å². The Hall–Kier alpha value is -1.88. The zero-order chi connectivity index (χ0) is 13.5. The third-order valence-electron chi connectivity index (χ3n) is 2.66. The van der Waals surface area contributed by atoms with Gasteiger partial charge in [-0.2, -0.15) is 0 Å². The summed E-state index contributed by atoms with van der Waals surface area (Å²) < 4.78 is 0. The van der Waals surface area contributed by atoms with E-state index in [9.17, 15) is 9.59 Å². The Morgan fingerprint density at radius 3 is 2.67 bits per heavy atom. The maximum Gasteiger partial charge on any atom is 0.303 e. The molecule has 0 heterocycles. The number of rotatable bonds is 6. The predicted octanol–water partition coefficient (Wildman–Crippen LogP) is 1.38. The van der Waals surface area contributed by atoms with Crippen molar-refractivity contribution in [2.45, 2.75) is 32.2 Å². The van der Waals surface area contributed by atoms with Crippen LogP contribution in [0.4, 0.5) is 5.69 Å². The Morgan fingerprint density at radius 1 is 1.39 bits per heavy atom. The molecule has 0 spiro atoms. The quantitative estimate of drug-likeness (QED) is 0.711. The van der Waals surface area contributed by atoms with Gasteiger partial charge in [0.05, 0.1) is 6.04 Å². The minimum atomic E-state index is -0.860. The predicted molar refractivity (Wildman–Crippen MR) is 69.3 cm³/mol. The largest absolute Gasteiger partial charge is 0.481 e. The molecule has 18 heavy (non-hydrogen) atoms. The fourth-order valence-electron chi connectivity index (χ4n) is 1.51. The molecule has 1 aromatic carbocycles. The zero-order valence-electron chi connectivity index (χ0n) is 10.3. The van der Waals surface area contributed by atoms with Crippen molar-refractivity contribution >= 4 is 17.6 Å². The van der Waals surface area contributed by atoms with Gasteiger partial charge in [-0.25, -0.2) is 0 Å². The lowest BCUT2D eigenvalue weighted by Gasteiger charge is -2.13. The van der Waals surface area contributed by atoms with E-state index in [4.69, 9.17) is 10.8 Å². The summed E-state index contributed by atoms with van der Waals surface area (Å²) in [4.78, 5) is 22.2. The number of anilines is 1. The zero-order valence-corrected chi connectivity index (χ0v) is 10.3. The van der Waals surface area contributed by atoms with Gasteiger partial charge in [-0.3, -0.25) is 9.59 Å². The van der Waals surface area contributed by atoms with Crippen molar-refractivity contribution in [3.05, 3.63) is 29.8 Å². The van der Waals surface area contributed by atoms with E-state index < -0.39 is 12.0 Å². The maximum atomic E-state index is 11.7. The number of hydrogen-bond acceptors (Lipinski definition) is 3. The fraction of sp³-hybridized carbons (Fsp3) is 0.385.